The van der Waals surface area contributed by atoms with E-state index in [2.05, 4.69) is 31.2 Å². The van der Waals surface area contributed by atoms with Gasteiger partial charge in [-0.2, -0.15) is 0 Å². The van der Waals surface area contributed by atoms with Crippen molar-refractivity contribution in [2.24, 2.45) is 5.73 Å². The molecule has 0 bridgehead atoms. The molecule has 154 valence electrons. The molecule has 0 aromatic carbocycles. The molecule has 0 atom stereocenters. The third-order valence-electron chi connectivity index (χ3n) is 5.41. The Morgan fingerprint density at radius 2 is 1.97 bits per heavy atom. The second-order valence-electron chi connectivity index (χ2n) is 7.58. The van der Waals surface area contributed by atoms with Gasteiger partial charge in [-0.15, -0.1) is 0 Å². The van der Waals surface area contributed by atoms with Gasteiger partial charge in [-0.3, -0.25) is 10.2 Å². The fourth-order valence-corrected chi connectivity index (χ4v) is 3.51. The van der Waals surface area contributed by atoms with Gasteiger partial charge in [-0.1, -0.05) is 0 Å². The topological polar surface area (TPSA) is 124 Å². The van der Waals surface area contributed by atoms with Crippen LogP contribution >= 0.6 is 0 Å². The van der Waals surface area contributed by atoms with Crippen molar-refractivity contribution in [1.29, 1.82) is 5.41 Å². The summed E-state index contributed by atoms with van der Waals surface area (Å²) in [5, 5.41) is 11.6. The van der Waals surface area contributed by atoms with E-state index in [1.165, 1.54) is 12.8 Å². The molecule has 0 aliphatic carbocycles. The number of anilines is 2. The lowest BCUT2D eigenvalue weighted by Crippen LogP contribution is -2.24. The van der Waals surface area contributed by atoms with Gasteiger partial charge in [0.05, 0.1) is 11.9 Å². The van der Waals surface area contributed by atoms with Gasteiger partial charge >= 0.3 is 0 Å². The van der Waals surface area contributed by atoms with Crippen molar-refractivity contribution in [3.8, 4) is 11.3 Å². The molecule has 3 aromatic heterocycles. The smallest absolute Gasteiger partial charge is 0.273 e. The third-order valence-corrected chi connectivity index (χ3v) is 5.41. The number of rotatable bonds is 5. The van der Waals surface area contributed by atoms with Crippen LogP contribution in [-0.4, -0.2) is 39.7 Å². The van der Waals surface area contributed by atoms with Crippen LogP contribution in [-0.2, 0) is 4.79 Å². The number of aromatic amines is 1. The Morgan fingerprint density at radius 1 is 1.20 bits per heavy atom. The highest BCUT2D eigenvalue weighted by molar-refractivity contribution is 6.47. The molecule has 1 aliphatic rings. The molecule has 1 fully saturated rings. The van der Waals surface area contributed by atoms with Crippen LogP contribution < -0.4 is 16.0 Å². The Balaban J connectivity index is 1.57. The van der Waals surface area contributed by atoms with Crippen molar-refractivity contribution in [3.63, 3.8) is 0 Å². The van der Waals surface area contributed by atoms with Crippen LogP contribution in [0.15, 0.2) is 47.9 Å². The van der Waals surface area contributed by atoms with E-state index in [-0.39, 0.29) is 5.71 Å². The molecule has 8 heteroatoms. The predicted octanol–water partition coefficient (Wildman–Crippen LogP) is 3.44. The highest BCUT2D eigenvalue weighted by Crippen LogP contribution is 2.28. The van der Waals surface area contributed by atoms with E-state index in [1.54, 1.807) is 20.0 Å². The fourth-order valence-electron chi connectivity index (χ4n) is 3.51. The van der Waals surface area contributed by atoms with Gasteiger partial charge in [0.15, 0.2) is 0 Å². The van der Waals surface area contributed by atoms with Crippen LogP contribution in [0.3, 0.4) is 0 Å². The molecular formula is C22H25N7O. The number of nitrogens with zero attached hydrogens (tertiary/aromatic N) is 3. The van der Waals surface area contributed by atoms with E-state index < -0.39 is 5.91 Å². The first-order valence-electron chi connectivity index (χ1n) is 9.96. The number of carbonyl (C=O) groups excluding carboxylic acids is 1. The molecule has 4 rings (SSSR count). The summed E-state index contributed by atoms with van der Waals surface area (Å²) in [5.74, 6) is 0.472. The minimum atomic E-state index is -0.515. The van der Waals surface area contributed by atoms with Gasteiger partial charge in [0.25, 0.3) is 5.91 Å². The summed E-state index contributed by atoms with van der Waals surface area (Å²) in [5.41, 5.74) is 9.66. The zero-order valence-corrected chi connectivity index (χ0v) is 17.1. The molecule has 30 heavy (non-hydrogen) atoms. The Morgan fingerprint density at radius 3 is 2.70 bits per heavy atom. The summed E-state index contributed by atoms with van der Waals surface area (Å²) in [6.45, 7) is 5.41. The largest absolute Gasteiger partial charge is 0.402 e. The van der Waals surface area contributed by atoms with E-state index in [4.69, 9.17) is 11.1 Å². The summed E-state index contributed by atoms with van der Waals surface area (Å²) in [6.07, 6.45) is 5.81. The number of nitrogens with one attached hydrogen (secondary N) is 3. The number of H-pyrrole nitrogens is 1. The molecule has 1 saturated heterocycles. The monoisotopic (exact) mass is 403 g/mol. The number of allylic oxidation sites excluding steroid dienone is 1. The summed E-state index contributed by atoms with van der Waals surface area (Å²) in [6, 6.07) is 7.90. The average molecular weight is 403 g/mol. The van der Waals surface area contributed by atoms with Crippen LogP contribution in [0.4, 0.5) is 11.5 Å². The van der Waals surface area contributed by atoms with Gasteiger partial charge in [-0.25, -0.2) is 9.97 Å². The molecular weight excluding hydrogens is 378 g/mol. The van der Waals surface area contributed by atoms with Crippen LogP contribution in [0.25, 0.3) is 22.3 Å². The SMILES string of the molecule is C/C(N)=C(\C)C(=N)C(=O)Nc1cnc2[nH]c(-c3ccnc(N4CCCC4)c3)cc2c1. The summed E-state index contributed by atoms with van der Waals surface area (Å²) in [7, 11) is 0. The fraction of sp³-hybridized carbons (Fsp3) is 0.273. The maximum Gasteiger partial charge on any atom is 0.273 e. The van der Waals surface area contributed by atoms with Crippen LogP contribution in [0.2, 0.25) is 0 Å². The molecule has 3 aromatic rings. The first-order chi connectivity index (χ1) is 14.4. The quantitative estimate of drug-likeness (QED) is 0.486. The number of amides is 1. The van der Waals surface area contributed by atoms with Crippen molar-refractivity contribution in [3.05, 3.63) is 47.9 Å². The standard InChI is InChI=1S/C22H25N7O/c1-13(14(2)23)20(24)22(30)27-17-9-16-10-18(28-21(16)26-12-17)15-5-6-25-19(11-15)29-7-3-4-8-29/h5-6,9-12,24H,3-4,7-8,23H2,1-2H3,(H,26,28)(H,27,30)/b14-13-,24-20?. The van der Waals surface area contributed by atoms with Crippen molar-refractivity contribution >= 4 is 34.2 Å². The molecule has 0 unspecified atom stereocenters. The molecule has 5 N–H and O–H groups in total. The van der Waals surface area contributed by atoms with Crippen molar-refractivity contribution in [2.45, 2.75) is 26.7 Å². The van der Waals surface area contributed by atoms with Gasteiger partial charge in [0, 0.05) is 41.6 Å². The second-order valence-corrected chi connectivity index (χ2v) is 7.58. The number of aromatic nitrogens is 3. The molecule has 0 radical (unpaired) electrons. The van der Waals surface area contributed by atoms with Gasteiger partial charge < -0.3 is 20.9 Å². The third kappa shape index (κ3) is 3.89. The van der Waals surface area contributed by atoms with E-state index in [0.717, 1.165) is 41.2 Å². The van der Waals surface area contributed by atoms with Crippen LogP contribution in [0, 0.1) is 5.41 Å². The normalized spacial score (nSPS) is 14.7. The number of carbonyl (C=O) groups is 1. The average Bonchev–Trinajstić information content (AvgIpc) is 3.42. The first-order valence-corrected chi connectivity index (χ1v) is 9.96. The minimum absolute atomic E-state index is 0.156. The predicted molar refractivity (Wildman–Crippen MR) is 120 cm³/mol. The van der Waals surface area contributed by atoms with Crippen molar-refractivity contribution < 1.29 is 4.79 Å². The molecule has 4 heterocycles. The second kappa shape index (κ2) is 7.98. The highest BCUT2D eigenvalue weighted by atomic mass is 16.1. The van der Waals surface area contributed by atoms with E-state index in [9.17, 15) is 4.79 Å². The Kier molecular flexibility index (Phi) is 5.22. The summed E-state index contributed by atoms with van der Waals surface area (Å²) < 4.78 is 0. The van der Waals surface area contributed by atoms with E-state index >= 15 is 0 Å². The van der Waals surface area contributed by atoms with Gasteiger partial charge in [0.1, 0.15) is 17.2 Å². The molecule has 0 spiro atoms. The molecule has 1 amide bonds. The van der Waals surface area contributed by atoms with Crippen LogP contribution in [0.5, 0.6) is 0 Å². The maximum absolute atomic E-state index is 12.3. The highest BCUT2D eigenvalue weighted by Gasteiger charge is 2.16. The molecule has 0 saturated carbocycles. The Labute approximate surface area is 174 Å². The van der Waals surface area contributed by atoms with Crippen molar-refractivity contribution in [2.75, 3.05) is 23.3 Å². The Bertz CT molecular complexity index is 1150. The summed E-state index contributed by atoms with van der Waals surface area (Å²) >= 11 is 0. The van der Waals surface area contributed by atoms with E-state index in [1.807, 2.05) is 24.4 Å². The Hall–Kier alpha value is -3.68. The van der Waals surface area contributed by atoms with E-state index in [0.29, 0.717) is 17.0 Å². The number of fused-ring (bicyclic) bond motifs is 1. The molecule has 1 aliphatic heterocycles. The van der Waals surface area contributed by atoms with Crippen LogP contribution in [0.1, 0.15) is 26.7 Å². The number of hydrogen-bond donors (Lipinski definition) is 4. The zero-order chi connectivity index (χ0) is 21.3. The lowest BCUT2D eigenvalue weighted by molar-refractivity contribution is -0.110. The lowest BCUT2D eigenvalue weighted by Gasteiger charge is -2.16. The number of pyridine rings is 2. The number of hydrogen-bond acceptors (Lipinski definition) is 6. The van der Waals surface area contributed by atoms with Gasteiger partial charge in [-0.05, 0) is 56.5 Å². The number of nitrogens with two attached hydrogens (primary N) is 1. The zero-order valence-electron chi connectivity index (χ0n) is 17.1. The minimum Gasteiger partial charge on any atom is -0.402 e. The lowest BCUT2D eigenvalue weighted by atomic mass is 10.1. The molecule has 8 nitrogen and oxygen atoms in total. The first kappa shape index (κ1) is 19.6. The van der Waals surface area contributed by atoms with Crippen molar-refractivity contribution in [1.82, 2.24) is 15.0 Å². The summed E-state index contributed by atoms with van der Waals surface area (Å²) in [4.78, 5) is 26.9. The maximum atomic E-state index is 12.3. The van der Waals surface area contributed by atoms with Gasteiger partial charge in [0.2, 0.25) is 0 Å².